The maximum Gasteiger partial charge on any atom is 0.280 e. The lowest BCUT2D eigenvalue weighted by atomic mass is 10.1. The fourth-order valence-corrected chi connectivity index (χ4v) is 5.90. The summed E-state index contributed by atoms with van der Waals surface area (Å²) in [6.07, 6.45) is 1.83. The van der Waals surface area contributed by atoms with Crippen molar-refractivity contribution in [2.24, 2.45) is 0 Å². The molecule has 1 saturated heterocycles. The van der Waals surface area contributed by atoms with Crippen molar-refractivity contribution < 1.29 is 22.3 Å². The van der Waals surface area contributed by atoms with E-state index in [1.165, 1.54) is 30.5 Å². The van der Waals surface area contributed by atoms with E-state index in [2.05, 4.69) is 15.0 Å². The highest BCUT2D eigenvalue weighted by molar-refractivity contribution is 7.87. The van der Waals surface area contributed by atoms with Crippen molar-refractivity contribution in [3.05, 3.63) is 64.5 Å². The van der Waals surface area contributed by atoms with E-state index in [-0.39, 0.29) is 17.1 Å². The number of nitrogens with one attached hydrogen (secondary N) is 2. The Labute approximate surface area is 199 Å². The van der Waals surface area contributed by atoms with Gasteiger partial charge < -0.3 is 10.1 Å². The van der Waals surface area contributed by atoms with Crippen LogP contribution in [0.1, 0.15) is 17.5 Å². The molecule has 2 heterocycles. The lowest BCUT2D eigenvalue weighted by Crippen LogP contribution is -2.55. The van der Waals surface area contributed by atoms with Crippen LogP contribution in [-0.2, 0) is 15.0 Å². The number of methoxy groups -OCH3 is 1. The van der Waals surface area contributed by atoms with Crippen molar-refractivity contribution in [3.63, 3.8) is 0 Å². The minimum absolute atomic E-state index is 0.147. The molecule has 8 nitrogen and oxygen atoms in total. The number of likely N-dealkylation sites (N-methyl/N-ethyl adjacent to an activating group) is 1. The SMILES string of the molecule is COc1ccc(-c2cnc([C@H]3C[C@@H](C(=O)Nc4ccc(F)c(Cl)c4)N(C)S(=O)(=O)N3)s2)cc1. The van der Waals surface area contributed by atoms with Gasteiger partial charge in [-0.1, -0.05) is 11.6 Å². The van der Waals surface area contributed by atoms with E-state index in [9.17, 15) is 17.6 Å². The minimum atomic E-state index is -3.94. The number of thiazole rings is 1. The predicted octanol–water partition coefficient (Wildman–Crippen LogP) is 3.83. The third kappa shape index (κ3) is 5.02. The van der Waals surface area contributed by atoms with Crippen LogP contribution in [0, 0.1) is 5.82 Å². The van der Waals surface area contributed by atoms with Gasteiger partial charge >= 0.3 is 0 Å². The van der Waals surface area contributed by atoms with Crippen molar-refractivity contribution >= 4 is 44.7 Å². The average molecular weight is 511 g/mol. The van der Waals surface area contributed by atoms with Crippen LogP contribution >= 0.6 is 22.9 Å². The zero-order chi connectivity index (χ0) is 23.8. The lowest BCUT2D eigenvalue weighted by Gasteiger charge is -2.35. The molecular weight excluding hydrogens is 491 g/mol. The van der Waals surface area contributed by atoms with Gasteiger partial charge in [-0.25, -0.2) is 9.37 Å². The maximum absolute atomic E-state index is 13.4. The summed E-state index contributed by atoms with van der Waals surface area (Å²) < 4.78 is 47.5. The number of hydrogen-bond donors (Lipinski definition) is 2. The van der Waals surface area contributed by atoms with Gasteiger partial charge in [0.25, 0.3) is 10.2 Å². The number of rotatable bonds is 5. The molecular formula is C21H20ClFN4O4S2. The van der Waals surface area contributed by atoms with E-state index in [4.69, 9.17) is 16.3 Å². The minimum Gasteiger partial charge on any atom is -0.497 e. The molecule has 0 unspecified atom stereocenters. The number of amides is 1. The second kappa shape index (κ2) is 9.35. The van der Waals surface area contributed by atoms with Crippen molar-refractivity contribution in [3.8, 4) is 16.2 Å². The van der Waals surface area contributed by atoms with Crippen molar-refractivity contribution in [2.75, 3.05) is 19.5 Å². The Morgan fingerprint density at radius 1 is 1.30 bits per heavy atom. The zero-order valence-electron chi connectivity index (χ0n) is 17.6. The van der Waals surface area contributed by atoms with Gasteiger partial charge in [0.1, 0.15) is 22.6 Å². The second-order valence-electron chi connectivity index (χ2n) is 7.35. The fraction of sp³-hybridized carbons (Fsp3) is 0.238. The van der Waals surface area contributed by atoms with Crippen LogP contribution in [-0.4, -0.2) is 43.8 Å². The van der Waals surface area contributed by atoms with Crippen LogP contribution in [0.3, 0.4) is 0 Å². The van der Waals surface area contributed by atoms with E-state index < -0.39 is 34.0 Å². The molecule has 1 aromatic heterocycles. The molecule has 3 aromatic rings. The first-order chi connectivity index (χ1) is 15.7. The molecule has 4 rings (SSSR count). The Hall–Kier alpha value is -2.57. The first kappa shape index (κ1) is 23.6. The van der Waals surface area contributed by atoms with Gasteiger partial charge in [0.05, 0.1) is 23.1 Å². The summed E-state index contributed by atoms with van der Waals surface area (Å²) in [7, 11) is -1.03. The summed E-state index contributed by atoms with van der Waals surface area (Å²) in [5.41, 5.74) is 1.18. The van der Waals surface area contributed by atoms with Crippen LogP contribution in [0.4, 0.5) is 10.1 Å². The number of hydrogen-bond acceptors (Lipinski definition) is 6. The summed E-state index contributed by atoms with van der Waals surface area (Å²) in [5, 5.41) is 3.00. The van der Waals surface area contributed by atoms with E-state index in [0.717, 1.165) is 26.6 Å². The van der Waals surface area contributed by atoms with E-state index in [0.29, 0.717) is 5.01 Å². The Morgan fingerprint density at radius 2 is 2.03 bits per heavy atom. The molecule has 174 valence electrons. The molecule has 12 heteroatoms. The van der Waals surface area contributed by atoms with Crippen LogP contribution < -0.4 is 14.8 Å². The molecule has 1 aliphatic heterocycles. The molecule has 0 saturated carbocycles. The summed E-state index contributed by atoms with van der Waals surface area (Å²) in [5.74, 6) is -0.447. The number of benzene rings is 2. The lowest BCUT2D eigenvalue weighted by molar-refractivity contribution is -0.120. The molecule has 0 spiro atoms. The van der Waals surface area contributed by atoms with E-state index >= 15 is 0 Å². The van der Waals surface area contributed by atoms with Crippen LogP contribution in [0.25, 0.3) is 10.4 Å². The number of carbonyl (C=O) groups excluding carboxylic acids is 1. The molecule has 1 amide bonds. The number of aromatic nitrogens is 1. The highest BCUT2D eigenvalue weighted by atomic mass is 35.5. The molecule has 2 aromatic carbocycles. The van der Waals surface area contributed by atoms with Gasteiger partial charge in [0.15, 0.2) is 0 Å². The van der Waals surface area contributed by atoms with E-state index in [1.54, 1.807) is 13.3 Å². The summed E-state index contributed by atoms with van der Waals surface area (Å²) in [4.78, 5) is 18.2. The number of halogens is 2. The normalized spacial score (nSPS) is 20.4. The summed E-state index contributed by atoms with van der Waals surface area (Å²) in [6.45, 7) is 0. The highest BCUT2D eigenvalue weighted by Gasteiger charge is 2.41. The van der Waals surface area contributed by atoms with Crippen molar-refractivity contribution in [1.29, 1.82) is 0 Å². The first-order valence-electron chi connectivity index (χ1n) is 9.79. The van der Waals surface area contributed by atoms with Gasteiger partial charge in [-0.15, -0.1) is 11.3 Å². The third-order valence-electron chi connectivity index (χ3n) is 5.25. The summed E-state index contributed by atoms with van der Waals surface area (Å²) >= 11 is 7.11. The molecule has 1 fully saturated rings. The van der Waals surface area contributed by atoms with Crippen LogP contribution in [0.5, 0.6) is 5.75 Å². The van der Waals surface area contributed by atoms with Gasteiger partial charge in [0, 0.05) is 18.9 Å². The Kier molecular flexibility index (Phi) is 6.68. The topological polar surface area (TPSA) is 101 Å². The van der Waals surface area contributed by atoms with Crippen LogP contribution in [0.15, 0.2) is 48.7 Å². The maximum atomic E-state index is 13.4. The van der Waals surface area contributed by atoms with Gasteiger partial charge in [-0.3, -0.25) is 4.79 Å². The molecule has 1 aliphatic rings. The standard InChI is InChI=1S/C21H20ClFN4O4S2/c1-27-18(20(28)25-13-5-8-16(23)15(22)9-13)10-17(26-33(27,29)30)21-24-11-19(32-21)12-3-6-14(31-2)7-4-12/h3-9,11,17-18,26H,10H2,1-2H3,(H,25,28)/t17-,18+/m1/s1. The predicted molar refractivity (Wildman–Crippen MR) is 125 cm³/mol. The summed E-state index contributed by atoms with van der Waals surface area (Å²) in [6, 6.07) is 9.49. The number of anilines is 1. The van der Waals surface area contributed by atoms with Crippen LogP contribution in [0.2, 0.25) is 5.02 Å². The first-order valence-corrected chi connectivity index (χ1v) is 12.4. The highest BCUT2D eigenvalue weighted by Crippen LogP contribution is 2.35. The molecule has 2 N–H and O–H groups in total. The quantitative estimate of drug-likeness (QED) is 0.543. The molecule has 0 aliphatic carbocycles. The Morgan fingerprint density at radius 3 is 2.70 bits per heavy atom. The van der Waals surface area contributed by atoms with Gasteiger partial charge in [0.2, 0.25) is 5.91 Å². The Bertz CT molecular complexity index is 1280. The van der Waals surface area contributed by atoms with Crippen molar-refractivity contribution in [1.82, 2.24) is 14.0 Å². The average Bonchev–Trinajstić information content (AvgIpc) is 3.28. The fourth-order valence-electron chi connectivity index (χ4n) is 3.41. The van der Waals surface area contributed by atoms with Gasteiger partial charge in [-0.05, 0) is 54.4 Å². The molecule has 0 radical (unpaired) electrons. The Balaban J connectivity index is 1.55. The zero-order valence-corrected chi connectivity index (χ0v) is 20.0. The second-order valence-corrected chi connectivity index (χ2v) is 10.6. The largest absolute Gasteiger partial charge is 0.497 e. The van der Waals surface area contributed by atoms with Crippen molar-refractivity contribution in [2.45, 2.75) is 18.5 Å². The molecule has 33 heavy (non-hydrogen) atoms. The number of nitrogens with zero attached hydrogens (tertiary/aromatic N) is 2. The third-order valence-corrected chi connectivity index (χ3v) is 8.30. The van der Waals surface area contributed by atoms with E-state index in [1.807, 2.05) is 24.3 Å². The van der Waals surface area contributed by atoms with Gasteiger partial charge in [-0.2, -0.15) is 17.4 Å². The smallest absolute Gasteiger partial charge is 0.280 e. The monoisotopic (exact) mass is 510 g/mol. The molecule has 0 bridgehead atoms. The number of ether oxygens (including phenoxy) is 1. The molecule has 2 atom stereocenters. The number of carbonyl (C=O) groups is 1.